The molecule has 96 heavy (non-hydrogen) atoms. The van der Waals surface area contributed by atoms with E-state index in [1.807, 2.05) is 6.07 Å². The number of furan rings is 1. The topological polar surface area (TPSA) is 181 Å². The zero-order chi connectivity index (χ0) is 63.8. The highest BCUT2D eigenvalue weighted by Gasteiger charge is 3.03. The number of nitrogens with one attached hydrogen (secondary N) is 1. The first-order valence-corrected chi connectivity index (χ1v) is 38.9. The molecule has 8 spiro atoms. The van der Waals surface area contributed by atoms with Gasteiger partial charge in [-0.3, -0.25) is 14.9 Å². The number of fused-ring (bicyclic) bond motifs is 8. The van der Waals surface area contributed by atoms with E-state index in [0.29, 0.717) is 67.1 Å². The number of benzene rings is 1. The van der Waals surface area contributed by atoms with Gasteiger partial charge in [0.25, 0.3) is 0 Å². The maximum atomic E-state index is 18.6. The Morgan fingerprint density at radius 1 is 0.906 bits per heavy atom. The first-order valence-electron chi connectivity index (χ1n) is 38.9. The second kappa shape index (κ2) is 18.6. The fraction of sp³-hybridized carbons (Fsp3) is 0.723. The van der Waals surface area contributed by atoms with Crippen molar-refractivity contribution >= 4 is 17.7 Å². The average molecular weight is 1300 g/mol. The number of Topliss-reactive ketones (excluding diaryl/α,β-unsaturated/α-hetero) is 1. The smallest absolute Gasteiger partial charge is 0.339 e. The molecule has 1 aromatic carbocycles. The summed E-state index contributed by atoms with van der Waals surface area (Å²) in [7, 11) is 0. The Hall–Kier alpha value is -4.81. The molecule has 11 saturated carbocycles. The molecule has 32 atom stereocenters. The Bertz CT molecular complexity index is 3990. The molecule has 1 aromatic heterocycles. The second-order valence-corrected chi connectivity index (χ2v) is 37.0. The lowest BCUT2D eigenvalue weighted by Crippen LogP contribution is -2.85. The summed E-state index contributed by atoms with van der Waals surface area (Å²) in [5.41, 5.74) is -6.03. The zero-order valence-electron chi connectivity index (χ0n) is 55.9. The van der Waals surface area contributed by atoms with E-state index >= 15 is 19.5 Å². The van der Waals surface area contributed by atoms with Crippen molar-refractivity contribution in [2.24, 2.45) is 139 Å². The Labute approximate surface area is 564 Å². The third-order valence-corrected chi connectivity index (χ3v) is 35.4. The van der Waals surface area contributed by atoms with Crippen LogP contribution in [0.3, 0.4) is 0 Å². The molecule has 14 aliphatic carbocycles. The fourth-order valence-corrected chi connectivity index (χ4v) is 33.2. The van der Waals surface area contributed by atoms with Gasteiger partial charge in [-0.25, -0.2) is 4.79 Å². The summed E-state index contributed by atoms with van der Waals surface area (Å²) < 4.78 is 39.1. The third-order valence-electron chi connectivity index (χ3n) is 35.4. The van der Waals surface area contributed by atoms with Crippen molar-refractivity contribution in [3.8, 4) is 11.8 Å². The van der Waals surface area contributed by atoms with Gasteiger partial charge in [-0.15, -0.1) is 0 Å². The number of aliphatic hydroxyl groups is 3. The summed E-state index contributed by atoms with van der Waals surface area (Å²) in [5, 5.41) is 42.6. The predicted molar refractivity (Wildman–Crippen MR) is 350 cm³/mol. The number of esters is 2. The summed E-state index contributed by atoms with van der Waals surface area (Å²) in [4.78, 5) is 54.4. The van der Waals surface area contributed by atoms with Crippen molar-refractivity contribution in [2.45, 2.75) is 201 Å². The molecule has 16 fully saturated rings. The van der Waals surface area contributed by atoms with Gasteiger partial charge in [0.2, 0.25) is 0 Å². The van der Waals surface area contributed by atoms with E-state index in [0.717, 1.165) is 115 Å². The summed E-state index contributed by atoms with van der Waals surface area (Å²) in [6.07, 6.45) is 33.5. The number of cyclic esters (lactones) is 1. The van der Waals surface area contributed by atoms with Crippen molar-refractivity contribution in [1.29, 1.82) is 0 Å². The standard InChI is InChI=1S/C83H96N2O11/c1-74-38-52-39-75-37-46-20-26-78(75)73(91)93-42-77-68(52)80(70(89)67(88)69(77)81-53-17-14-49-16-19-59-56-11-5-9-47(56)21-25-76(59,61(49)34-53)66(81)35-55(33-54(75)30-46)82(77,78)96-81)62-31-45(29-44-7-3-2-4-8-44)12-13-48(62)10-6-24-79(74,95-72(90)71-83(74,80)94-71)60-23-28-92-65(60)36-58(64(87)41-86)50-15-18-57-51(32-50)22-27-85-43-84-40-63(57)85/h2-4,7-8,16,20,22-23,26-28,35,45-48,50-54,56-59,61-64,66,68-71,84,86-87,89H,5,9,11-15,17-19,21,24-25,29-34,36-43H2,1H3/t45-,46+,47-,48+,50+,51+,52-,53-,54+,56-,57-,58-,59+,61-,62-,63-,64+,66+,68+,69-,70+,71+,74-,75-,76+,77+,78-,79-,80-,81-,82+,83+/m0/s1. The highest BCUT2D eigenvalue weighted by molar-refractivity contribution is 5.96. The minimum absolute atomic E-state index is 0.0259. The van der Waals surface area contributed by atoms with Gasteiger partial charge in [0.1, 0.15) is 35.1 Å². The third kappa shape index (κ3) is 5.99. The van der Waals surface area contributed by atoms with Gasteiger partial charge in [-0.2, -0.15) is 0 Å². The molecule has 4 N–H and O–H groups in total. The van der Waals surface area contributed by atoms with Crippen molar-refractivity contribution in [3.63, 3.8) is 0 Å². The monoisotopic (exact) mass is 1300 g/mol. The number of carbonyl (C=O) groups excluding carboxylic acids is 3. The number of ketones is 1. The van der Waals surface area contributed by atoms with Gasteiger partial charge >= 0.3 is 11.9 Å². The summed E-state index contributed by atoms with van der Waals surface area (Å²) in [6.45, 7) is 3.80. The number of nitrogens with zero attached hydrogens (tertiary/aromatic N) is 1. The molecular formula is C83H96N2O11. The minimum atomic E-state index is -1.57. The van der Waals surface area contributed by atoms with Crippen molar-refractivity contribution in [2.75, 3.05) is 26.4 Å². The Balaban J connectivity index is 0.767. The molecule has 21 aliphatic rings. The van der Waals surface area contributed by atoms with E-state index in [-0.39, 0.29) is 83.5 Å². The summed E-state index contributed by atoms with van der Waals surface area (Å²) >= 11 is 0. The lowest BCUT2D eigenvalue weighted by molar-refractivity contribution is -0.321. The van der Waals surface area contributed by atoms with Crippen LogP contribution in [0.25, 0.3) is 0 Å². The lowest BCUT2D eigenvalue weighted by Gasteiger charge is -2.74. The molecule has 7 aliphatic heterocycles. The number of hydrogen-bond acceptors (Lipinski definition) is 13. The average Bonchev–Trinajstić information content (AvgIpc) is 1.40. The van der Waals surface area contributed by atoms with Crippen LogP contribution in [0.2, 0.25) is 0 Å². The molecule has 13 heteroatoms. The molecule has 504 valence electrons. The number of aliphatic hydroxyl groups excluding tert-OH is 3. The molecule has 23 rings (SSSR count). The first kappa shape index (κ1) is 57.9. The highest BCUT2D eigenvalue weighted by atomic mass is 16.7. The normalized spacial score (nSPS) is 55.9. The van der Waals surface area contributed by atoms with Gasteiger partial charge in [0, 0.05) is 47.2 Å². The molecule has 0 unspecified atom stereocenters. The maximum Gasteiger partial charge on any atom is 0.339 e. The van der Waals surface area contributed by atoms with Crippen LogP contribution in [0.15, 0.2) is 94.8 Å². The van der Waals surface area contributed by atoms with Crippen LogP contribution in [0.1, 0.15) is 159 Å². The predicted octanol–water partition coefficient (Wildman–Crippen LogP) is 10.9. The molecule has 13 nitrogen and oxygen atoms in total. The van der Waals surface area contributed by atoms with E-state index < -0.39 is 98.1 Å². The van der Waals surface area contributed by atoms with Crippen LogP contribution in [0, 0.1) is 151 Å². The molecule has 5 saturated heterocycles. The van der Waals surface area contributed by atoms with Gasteiger partial charge in [0.15, 0.2) is 17.5 Å². The van der Waals surface area contributed by atoms with Crippen molar-refractivity contribution in [1.82, 2.24) is 10.2 Å². The van der Waals surface area contributed by atoms with Gasteiger partial charge < -0.3 is 43.6 Å². The van der Waals surface area contributed by atoms with E-state index in [1.54, 1.807) is 11.8 Å². The Morgan fingerprint density at radius 2 is 1.81 bits per heavy atom. The van der Waals surface area contributed by atoms with E-state index in [9.17, 15) is 14.9 Å². The van der Waals surface area contributed by atoms with Crippen LogP contribution in [0.4, 0.5) is 0 Å². The number of epoxide rings is 1. The number of hydrogen-bond donors (Lipinski definition) is 4. The van der Waals surface area contributed by atoms with Gasteiger partial charge in [-0.05, 0) is 245 Å². The van der Waals surface area contributed by atoms with E-state index in [1.165, 1.54) is 36.8 Å². The van der Waals surface area contributed by atoms with Gasteiger partial charge in [-0.1, -0.05) is 97.9 Å². The van der Waals surface area contributed by atoms with Crippen LogP contribution >= 0.6 is 0 Å². The largest absolute Gasteiger partial charge is 0.469 e. The van der Waals surface area contributed by atoms with E-state index in [4.69, 9.17) is 18.6 Å². The van der Waals surface area contributed by atoms with Crippen molar-refractivity contribution in [3.05, 3.63) is 107 Å². The minimum Gasteiger partial charge on any atom is -0.469 e. The number of ether oxygens (including phenoxy) is 4. The lowest BCUT2D eigenvalue weighted by atomic mass is 9.27. The summed E-state index contributed by atoms with van der Waals surface area (Å²) in [5.74, 6) is 8.92. The molecular weight excluding hydrogens is 1200 g/mol. The van der Waals surface area contributed by atoms with Crippen LogP contribution in [-0.2, 0) is 51.8 Å². The van der Waals surface area contributed by atoms with E-state index in [2.05, 4.69) is 95.9 Å². The Morgan fingerprint density at radius 3 is 2.71 bits per heavy atom. The number of allylic oxidation sites excluding steroid dienone is 4. The second-order valence-electron chi connectivity index (χ2n) is 37.0. The molecule has 12 bridgehead atoms. The Kier molecular flexibility index (Phi) is 11.2. The van der Waals surface area contributed by atoms with Crippen LogP contribution in [0.5, 0.6) is 0 Å². The number of rotatable bonds is 8. The highest BCUT2D eigenvalue weighted by Crippen LogP contribution is 2.95. The summed E-state index contributed by atoms with van der Waals surface area (Å²) in [6, 6.07) is 13.3. The molecule has 8 heterocycles. The SMILES string of the molecule is C[C@]12C[C@H]3C[C@]45C[C@@H]6C=C[C@]47C(=O)OC[C@]48[C@H](C(=O)[C@@H](O)[C@@]9([C@H]34)[C@H]3C[C@H](Cc4ccccc4)CC[C@H]3C#CC[C@@]1(c1ccoc1C[C@@H]([C@@H]1CC[C@H]3[C@H](C=CN4CNC[C@@H]34)C1)[C@H](O)CO)OC(=O)[C@H]1O[C@@]192)[C@@]12O[C@]87C(=C[C@@H]1[C@]13CC[C@@H]4CCC[C@@H]4[C@H]1CC=C1CC[C@H]2C[C@@H]13)C[C@H]5C6. The van der Waals surface area contributed by atoms with Gasteiger partial charge in [0.05, 0.1) is 49.0 Å². The molecule has 0 radical (unpaired) electrons. The maximum absolute atomic E-state index is 18.6. The van der Waals surface area contributed by atoms with Crippen molar-refractivity contribution < 1.29 is 53.1 Å². The first-order chi connectivity index (χ1) is 46.7. The fourth-order valence-electron chi connectivity index (χ4n) is 33.2. The number of carbonyl (C=O) groups is 3. The van der Waals surface area contributed by atoms with Crippen LogP contribution in [-0.4, -0.2) is 106 Å². The zero-order valence-corrected chi connectivity index (χ0v) is 55.9. The van der Waals surface area contributed by atoms with Crippen LogP contribution < -0.4 is 5.32 Å². The quantitative estimate of drug-likeness (QED) is 0.0850. The molecule has 0 amide bonds. The molecule has 2 aromatic rings.